The Balaban J connectivity index is 2.55. The van der Waals surface area contributed by atoms with Gasteiger partial charge < -0.3 is 4.90 Å². The van der Waals surface area contributed by atoms with Gasteiger partial charge >= 0.3 is 0 Å². The topological polar surface area (TPSA) is 20.3 Å². The van der Waals surface area contributed by atoms with E-state index in [4.69, 9.17) is 0 Å². The van der Waals surface area contributed by atoms with E-state index in [0.29, 0.717) is 0 Å². The zero-order valence-electron chi connectivity index (χ0n) is 8.00. The van der Waals surface area contributed by atoms with Crippen LogP contribution < -0.4 is 0 Å². The van der Waals surface area contributed by atoms with Gasteiger partial charge in [0.1, 0.15) is 0 Å². The molecule has 1 aromatic carbocycles. The van der Waals surface area contributed by atoms with E-state index < -0.39 is 0 Å². The number of hydrogen-bond acceptors (Lipinski definition) is 1. The molecule has 0 unspecified atom stereocenters. The monoisotopic (exact) mass is 175 g/mol. The quantitative estimate of drug-likeness (QED) is 0.586. The van der Waals surface area contributed by atoms with Crippen molar-refractivity contribution in [3.8, 4) is 0 Å². The molecule has 0 atom stereocenters. The maximum Gasteiger partial charge on any atom is 0.253 e. The second-order valence-electron chi connectivity index (χ2n) is 3.58. The normalized spacial score (nSPS) is 15.8. The maximum absolute atomic E-state index is 11.7. The number of nitrogens with zero attached hydrogens (tertiary/aromatic N) is 1. The Labute approximate surface area is 78.2 Å². The van der Waals surface area contributed by atoms with Gasteiger partial charge in [0.2, 0.25) is 0 Å². The molecule has 2 rings (SSSR count). The highest BCUT2D eigenvalue weighted by molar-refractivity contribution is 5.96. The number of carbonyl (C=O) groups excluding carboxylic acids is 1. The molecule has 1 aliphatic rings. The molecular formula is C11H13NO. The van der Waals surface area contributed by atoms with Crippen LogP contribution in [0.1, 0.15) is 21.5 Å². The summed E-state index contributed by atoms with van der Waals surface area (Å²) in [6.07, 6.45) is 0.990. The van der Waals surface area contributed by atoms with E-state index in [0.717, 1.165) is 18.5 Å². The summed E-state index contributed by atoms with van der Waals surface area (Å²) in [5.74, 6) is 0.157. The molecule has 0 fully saturated rings. The first-order valence-electron chi connectivity index (χ1n) is 4.54. The Bertz CT molecular complexity index is 357. The van der Waals surface area contributed by atoms with Crippen LogP contribution in [0.3, 0.4) is 0 Å². The summed E-state index contributed by atoms with van der Waals surface area (Å²) < 4.78 is 0. The van der Waals surface area contributed by atoms with Gasteiger partial charge in [-0.3, -0.25) is 4.79 Å². The number of rotatable bonds is 0. The first kappa shape index (κ1) is 8.30. The molecule has 0 saturated carbocycles. The Kier molecular flexibility index (Phi) is 1.83. The summed E-state index contributed by atoms with van der Waals surface area (Å²) >= 11 is 0. The highest BCUT2D eigenvalue weighted by Gasteiger charge is 2.21. The minimum atomic E-state index is 0.157. The fourth-order valence-corrected chi connectivity index (χ4v) is 1.82. The lowest BCUT2D eigenvalue weighted by atomic mass is 9.95. The van der Waals surface area contributed by atoms with Crippen LogP contribution in [0.25, 0.3) is 0 Å². The number of hydrogen-bond donors (Lipinski definition) is 0. The third-order valence-corrected chi connectivity index (χ3v) is 2.68. The van der Waals surface area contributed by atoms with Crippen molar-refractivity contribution >= 4 is 5.91 Å². The van der Waals surface area contributed by atoms with Gasteiger partial charge in [0, 0.05) is 19.2 Å². The van der Waals surface area contributed by atoms with Crippen molar-refractivity contribution in [2.24, 2.45) is 0 Å². The smallest absolute Gasteiger partial charge is 0.253 e. The average molecular weight is 175 g/mol. The van der Waals surface area contributed by atoms with Gasteiger partial charge in [0.15, 0.2) is 0 Å². The molecule has 0 aromatic heterocycles. The lowest BCUT2D eigenvalue weighted by molar-refractivity contribution is 0.0780. The molecule has 0 saturated heterocycles. The van der Waals surface area contributed by atoms with Gasteiger partial charge in [0.05, 0.1) is 0 Å². The lowest BCUT2D eigenvalue weighted by Gasteiger charge is -2.25. The summed E-state index contributed by atoms with van der Waals surface area (Å²) in [6, 6.07) is 5.93. The van der Waals surface area contributed by atoms with Crippen LogP contribution in [-0.4, -0.2) is 24.4 Å². The van der Waals surface area contributed by atoms with Crippen LogP contribution in [0.2, 0.25) is 0 Å². The van der Waals surface area contributed by atoms with Crippen LogP contribution in [0.5, 0.6) is 0 Å². The van der Waals surface area contributed by atoms with Crippen LogP contribution >= 0.6 is 0 Å². The Morgan fingerprint density at radius 1 is 1.38 bits per heavy atom. The molecule has 1 aromatic rings. The van der Waals surface area contributed by atoms with Crippen LogP contribution in [0, 0.1) is 6.92 Å². The molecule has 2 nitrogen and oxygen atoms in total. The molecule has 1 heterocycles. The molecular weight excluding hydrogens is 162 g/mol. The molecule has 0 radical (unpaired) electrons. The molecule has 1 amide bonds. The molecule has 0 spiro atoms. The zero-order chi connectivity index (χ0) is 9.42. The minimum absolute atomic E-state index is 0.157. The van der Waals surface area contributed by atoms with Crippen molar-refractivity contribution in [1.82, 2.24) is 4.90 Å². The third kappa shape index (κ3) is 1.22. The van der Waals surface area contributed by atoms with Gasteiger partial charge in [-0.15, -0.1) is 0 Å². The third-order valence-electron chi connectivity index (χ3n) is 2.68. The van der Waals surface area contributed by atoms with Crippen molar-refractivity contribution in [2.45, 2.75) is 13.3 Å². The molecule has 68 valence electrons. The number of benzene rings is 1. The predicted octanol–water partition coefficient (Wildman–Crippen LogP) is 1.62. The fourth-order valence-electron chi connectivity index (χ4n) is 1.82. The second-order valence-corrected chi connectivity index (χ2v) is 3.58. The van der Waals surface area contributed by atoms with Crippen molar-refractivity contribution in [2.75, 3.05) is 13.6 Å². The van der Waals surface area contributed by atoms with Gasteiger partial charge in [-0.2, -0.15) is 0 Å². The van der Waals surface area contributed by atoms with E-state index in [1.807, 2.05) is 19.2 Å². The van der Waals surface area contributed by atoms with Gasteiger partial charge in [0.25, 0.3) is 5.91 Å². The van der Waals surface area contributed by atoms with E-state index in [9.17, 15) is 4.79 Å². The van der Waals surface area contributed by atoms with Crippen molar-refractivity contribution in [3.63, 3.8) is 0 Å². The first-order chi connectivity index (χ1) is 6.20. The van der Waals surface area contributed by atoms with Crippen molar-refractivity contribution in [3.05, 3.63) is 34.9 Å². The number of amides is 1. The Hall–Kier alpha value is -1.31. The number of fused-ring (bicyclic) bond motifs is 1. The molecule has 1 aliphatic heterocycles. The van der Waals surface area contributed by atoms with E-state index in [1.165, 1.54) is 11.1 Å². The van der Waals surface area contributed by atoms with E-state index in [-0.39, 0.29) is 5.91 Å². The molecule has 0 bridgehead atoms. The number of likely N-dealkylation sites (N-methyl/N-ethyl adjacent to an activating group) is 1. The molecule has 2 heteroatoms. The molecule has 13 heavy (non-hydrogen) atoms. The summed E-state index contributed by atoms with van der Waals surface area (Å²) in [6.45, 7) is 2.91. The maximum atomic E-state index is 11.7. The predicted molar refractivity (Wildman–Crippen MR) is 51.8 cm³/mol. The van der Waals surface area contributed by atoms with Crippen LogP contribution in [0.15, 0.2) is 18.2 Å². The van der Waals surface area contributed by atoms with Crippen molar-refractivity contribution < 1.29 is 4.79 Å². The highest BCUT2D eigenvalue weighted by Crippen LogP contribution is 2.20. The zero-order valence-corrected chi connectivity index (χ0v) is 8.00. The second kappa shape index (κ2) is 2.87. The summed E-state index contributed by atoms with van der Waals surface area (Å²) in [4.78, 5) is 13.5. The van der Waals surface area contributed by atoms with Gasteiger partial charge in [-0.1, -0.05) is 12.1 Å². The fraction of sp³-hybridized carbons (Fsp3) is 0.364. The average Bonchev–Trinajstić information content (AvgIpc) is 2.12. The highest BCUT2D eigenvalue weighted by atomic mass is 16.2. The number of carbonyl (C=O) groups is 1. The first-order valence-corrected chi connectivity index (χ1v) is 4.54. The van der Waals surface area contributed by atoms with Crippen LogP contribution in [0.4, 0.5) is 0 Å². The van der Waals surface area contributed by atoms with Crippen molar-refractivity contribution in [1.29, 1.82) is 0 Å². The van der Waals surface area contributed by atoms with E-state index >= 15 is 0 Å². The molecule has 0 N–H and O–H groups in total. The molecule has 0 aliphatic carbocycles. The summed E-state index contributed by atoms with van der Waals surface area (Å²) in [7, 11) is 1.85. The minimum Gasteiger partial charge on any atom is -0.341 e. The standard InChI is InChI=1S/C11H13NO/c1-8-4-3-5-10-9(8)6-7-12(2)11(10)13/h3-5H,6-7H2,1-2H3. The Morgan fingerprint density at radius 3 is 2.92 bits per heavy atom. The lowest BCUT2D eigenvalue weighted by Crippen LogP contribution is -2.34. The van der Waals surface area contributed by atoms with Crippen LogP contribution in [-0.2, 0) is 6.42 Å². The van der Waals surface area contributed by atoms with Gasteiger partial charge in [-0.05, 0) is 30.5 Å². The largest absolute Gasteiger partial charge is 0.341 e. The SMILES string of the molecule is Cc1cccc2c1CCN(C)C2=O. The van der Waals surface area contributed by atoms with E-state index in [1.54, 1.807) is 4.90 Å². The van der Waals surface area contributed by atoms with E-state index in [2.05, 4.69) is 13.0 Å². The Morgan fingerprint density at radius 2 is 2.15 bits per heavy atom. The summed E-state index contributed by atoms with van der Waals surface area (Å²) in [5, 5.41) is 0. The van der Waals surface area contributed by atoms with Gasteiger partial charge in [-0.25, -0.2) is 0 Å². The number of aryl methyl sites for hydroxylation is 1. The summed E-state index contributed by atoms with van der Waals surface area (Å²) in [5.41, 5.74) is 3.35.